The molecule has 8 heteroatoms. The third-order valence-corrected chi connectivity index (χ3v) is 4.68. The van der Waals surface area contributed by atoms with Crippen molar-refractivity contribution < 1.29 is 17.9 Å². The number of morpholine rings is 1. The van der Waals surface area contributed by atoms with E-state index in [0.29, 0.717) is 32.9 Å². The van der Waals surface area contributed by atoms with Crippen LogP contribution in [0.15, 0.2) is 0 Å². The maximum atomic E-state index is 12.3. The lowest BCUT2D eigenvalue weighted by Gasteiger charge is -2.31. The van der Waals surface area contributed by atoms with E-state index >= 15 is 0 Å². The molecule has 1 aliphatic rings. The minimum absolute atomic E-state index is 0.174. The molecule has 0 amide bonds. The van der Waals surface area contributed by atoms with Crippen LogP contribution in [0.2, 0.25) is 0 Å². The Kier molecular flexibility index (Phi) is 6.52. The molecule has 0 saturated carbocycles. The second-order valence-electron chi connectivity index (χ2n) is 3.82. The molecule has 0 atom stereocenters. The second-order valence-corrected chi connectivity index (χ2v) is 5.75. The van der Waals surface area contributed by atoms with Crippen molar-refractivity contribution in [1.82, 2.24) is 8.61 Å². The maximum Gasteiger partial charge on any atom is 0.282 e. The second kappa shape index (κ2) is 7.66. The van der Waals surface area contributed by atoms with Crippen LogP contribution in [-0.4, -0.2) is 70.1 Å². The van der Waals surface area contributed by atoms with Crippen LogP contribution in [0, 0.1) is 11.3 Å². The molecule has 7 nitrogen and oxygen atoms in total. The molecular formula is C10H19N3O4S. The zero-order valence-electron chi connectivity index (χ0n) is 10.5. The van der Waals surface area contributed by atoms with Gasteiger partial charge < -0.3 is 9.47 Å². The minimum Gasteiger partial charge on any atom is -0.383 e. The first kappa shape index (κ1) is 15.3. The molecule has 104 valence electrons. The first-order valence-corrected chi connectivity index (χ1v) is 7.21. The van der Waals surface area contributed by atoms with Crippen LogP contribution in [0.25, 0.3) is 0 Å². The molecular weight excluding hydrogens is 258 g/mol. The number of ether oxygens (including phenoxy) is 2. The van der Waals surface area contributed by atoms with E-state index in [1.165, 1.54) is 15.7 Å². The third-order valence-electron chi connectivity index (χ3n) is 2.64. The lowest BCUT2D eigenvalue weighted by atomic mass is 10.4. The monoisotopic (exact) mass is 277 g/mol. The Morgan fingerprint density at radius 3 is 2.61 bits per heavy atom. The molecule has 0 aromatic rings. The first-order chi connectivity index (χ1) is 8.62. The van der Waals surface area contributed by atoms with Gasteiger partial charge in [0.1, 0.15) is 0 Å². The van der Waals surface area contributed by atoms with Crippen LogP contribution < -0.4 is 0 Å². The minimum atomic E-state index is -3.51. The van der Waals surface area contributed by atoms with Gasteiger partial charge in [-0.15, -0.1) is 0 Å². The van der Waals surface area contributed by atoms with Crippen LogP contribution in [0.3, 0.4) is 0 Å². The standard InChI is InChI=1S/C10H19N3O4S/c1-16-8-5-12(4-2-3-11)18(14,15)13-6-9-17-10-7-13/h2,4-10H2,1H3. The lowest BCUT2D eigenvalue weighted by Crippen LogP contribution is -2.49. The number of methoxy groups -OCH3 is 1. The average molecular weight is 277 g/mol. The number of nitriles is 1. The van der Waals surface area contributed by atoms with Gasteiger partial charge in [-0.1, -0.05) is 0 Å². The molecule has 0 aromatic carbocycles. The summed E-state index contributed by atoms with van der Waals surface area (Å²) in [7, 11) is -2.00. The van der Waals surface area contributed by atoms with Crippen LogP contribution in [0.4, 0.5) is 0 Å². The Morgan fingerprint density at radius 2 is 2.06 bits per heavy atom. The first-order valence-electron chi connectivity index (χ1n) is 5.81. The van der Waals surface area contributed by atoms with Crippen molar-refractivity contribution in [3.8, 4) is 6.07 Å². The van der Waals surface area contributed by atoms with Crippen molar-refractivity contribution in [1.29, 1.82) is 5.26 Å². The summed E-state index contributed by atoms with van der Waals surface area (Å²) in [5.74, 6) is 0. The third kappa shape index (κ3) is 4.19. The van der Waals surface area contributed by atoms with E-state index in [4.69, 9.17) is 14.7 Å². The smallest absolute Gasteiger partial charge is 0.282 e. The summed E-state index contributed by atoms with van der Waals surface area (Å²) in [5, 5.41) is 8.58. The zero-order chi connectivity index (χ0) is 13.4. The van der Waals surface area contributed by atoms with E-state index in [9.17, 15) is 8.42 Å². The summed E-state index contributed by atoms with van der Waals surface area (Å²) >= 11 is 0. The molecule has 1 fully saturated rings. The van der Waals surface area contributed by atoms with E-state index in [1.807, 2.05) is 6.07 Å². The fourth-order valence-corrected chi connectivity index (χ4v) is 3.22. The molecule has 1 rings (SSSR count). The van der Waals surface area contributed by atoms with E-state index < -0.39 is 10.2 Å². The van der Waals surface area contributed by atoms with Crippen LogP contribution >= 0.6 is 0 Å². The Hall–Kier alpha value is -0.720. The van der Waals surface area contributed by atoms with Crippen molar-refractivity contribution in [2.45, 2.75) is 6.42 Å². The van der Waals surface area contributed by atoms with E-state index in [2.05, 4.69) is 0 Å². The van der Waals surface area contributed by atoms with Gasteiger partial charge >= 0.3 is 0 Å². The van der Waals surface area contributed by atoms with Gasteiger partial charge in [0.25, 0.3) is 10.2 Å². The maximum absolute atomic E-state index is 12.3. The quantitative estimate of drug-likeness (QED) is 0.622. The Balaban J connectivity index is 2.70. The van der Waals surface area contributed by atoms with E-state index in [0.717, 1.165) is 0 Å². The summed E-state index contributed by atoms with van der Waals surface area (Å²) in [6.07, 6.45) is 0.174. The topological polar surface area (TPSA) is 82.9 Å². The molecule has 18 heavy (non-hydrogen) atoms. The summed E-state index contributed by atoms with van der Waals surface area (Å²) in [6, 6.07) is 1.96. The Bertz CT molecular complexity index is 373. The van der Waals surface area contributed by atoms with Gasteiger partial charge in [0.15, 0.2) is 0 Å². The molecule has 0 spiro atoms. The number of rotatable bonds is 7. The predicted molar refractivity (Wildman–Crippen MR) is 65.0 cm³/mol. The fourth-order valence-electron chi connectivity index (χ4n) is 1.65. The number of nitrogens with zero attached hydrogens (tertiary/aromatic N) is 3. The Morgan fingerprint density at radius 1 is 1.39 bits per heavy atom. The summed E-state index contributed by atoms with van der Waals surface area (Å²) in [6.45, 7) is 2.31. The van der Waals surface area contributed by atoms with Gasteiger partial charge in [-0.2, -0.15) is 22.3 Å². The Labute approximate surface area is 108 Å². The van der Waals surface area contributed by atoms with Crippen molar-refractivity contribution in [2.24, 2.45) is 0 Å². The SMILES string of the molecule is COCCN(CCC#N)S(=O)(=O)N1CCOCC1. The van der Waals surface area contributed by atoms with E-state index in [-0.39, 0.29) is 19.5 Å². The summed E-state index contributed by atoms with van der Waals surface area (Å²) in [4.78, 5) is 0. The van der Waals surface area contributed by atoms with Crippen LogP contribution in [0.5, 0.6) is 0 Å². The van der Waals surface area contributed by atoms with Crippen molar-refractivity contribution in [3.05, 3.63) is 0 Å². The largest absolute Gasteiger partial charge is 0.383 e. The zero-order valence-corrected chi connectivity index (χ0v) is 11.4. The normalized spacial score (nSPS) is 17.8. The highest BCUT2D eigenvalue weighted by molar-refractivity contribution is 7.86. The van der Waals surface area contributed by atoms with Gasteiger partial charge in [-0.05, 0) is 0 Å². The molecule has 1 aliphatic heterocycles. The molecule has 0 unspecified atom stereocenters. The van der Waals surface area contributed by atoms with E-state index in [1.54, 1.807) is 0 Å². The van der Waals surface area contributed by atoms with Gasteiger partial charge in [0.2, 0.25) is 0 Å². The molecule has 0 aliphatic carbocycles. The van der Waals surface area contributed by atoms with Gasteiger partial charge in [0, 0.05) is 39.7 Å². The van der Waals surface area contributed by atoms with Crippen LogP contribution in [0.1, 0.15) is 6.42 Å². The molecule has 1 heterocycles. The summed E-state index contributed by atoms with van der Waals surface area (Å²) < 4.78 is 37.4. The van der Waals surface area contributed by atoms with Crippen molar-refractivity contribution in [2.75, 3.05) is 53.1 Å². The van der Waals surface area contributed by atoms with Crippen molar-refractivity contribution in [3.63, 3.8) is 0 Å². The molecule has 0 radical (unpaired) electrons. The van der Waals surface area contributed by atoms with Gasteiger partial charge in [-0.25, -0.2) is 0 Å². The fraction of sp³-hybridized carbons (Fsp3) is 0.900. The highest BCUT2D eigenvalue weighted by Gasteiger charge is 2.30. The molecule has 1 saturated heterocycles. The van der Waals surface area contributed by atoms with Gasteiger partial charge in [-0.3, -0.25) is 0 Å². The number of hydrogen-bond acceptors (Lipinski definition) is 5. The van der Waals surface area contributed by atoms with Crippen LogP contribution in [-0.2, 0) is 19.7 Å². The lowest BCUT2D eigenvalue weighted by molar-refractivity contribution is 0.0694. The molecule has 0 aromatic heterocycles. The van der Waals surface area contributed by atoms with Crippen molar-refractivity contribution >= 4 is 10.2 Å². The molecule has 0 bridgehead atoms. The predicted octanol–water partition coefficient (Wildman–Crippen LogP) is -0.575. The molecule has 0 N–H and O–H groups in total. The van der Waals surface area contributed by atoms with Gasteiger partial charge in [0.05, 0.1) is 25.9 Å². The highest BCUT2D eigenvalue weighted by atomic mass is 32.2. The number of hydrogen-bond donors (Lipinski definition) is 0. The summed E-state index contributed by atoms with van der Waals surface area (Å²) in [5.41, 5.74) is 0. The average Bonchev–Trinajstić information content (AvgIpc) is 2.39. The highest BCUT2D eigenvalue weighted by Crippen LogP contribution is 2.11.